The van der Waals surface area contributed by atoms with E-state index in [1.807, 2.05) is 18.3 Å². The zero-order valence-corrected chi connectivity index (χ0v) is 16.8. The molecule has 0 atom stereocenters. The molecule has 3 N–H and O–H groups in total. The summed E-state index contributed by atoms with van der Waals surface area (Å²) in [6.45, 7) is 4.35. The molecule has 0 unspecified atom stereocenters. The molecular weight excluding hydrogens is 364 g/mol. The summed E-state index contributed by atoms with van der Waals surface area (Å²) in [6.07, 6.45) is 8.14. The van der Waals surface area contributed by atoms with Crippen LogP contribution in [0.25, 0.3) is 17.0 Å². The number of para-hydroxylation sites is 1. The lowest BCUT2D eigenvalue weighted by Gasteiger charge is -2.32. The Morgan fingerprint density at radius 2 is 2.03 bits per heavy atom. The Morgan fingerprint density at radius 3 is 2.83 bits per heavy atom. The number of H-pyrrole nitrogens is 1. The van der Waals surface area contributed by atoms with Crippen LogP contribution in [-0.4, -0.2) is 28.8 Å². The molecule has 0 bridgehead atoms. The fourth-order valence-electron chi connectivity index (χ4n) is 4.19. The van der Waals surface area contributed by atoms with Crippen molar-refractivity contribution in [1.29, 1.82) is 0 Å². The molecule has 148 valence electrons. The number of likely N-dealkylation sites (N-methyl/N-ethyl adjacent to an activating group) is 1. The van der Waals surface area contributed by atoms with Gasteiger partial charge in [-0.25, -0.2) is 4.98 Å². The number of carbonyl (C=O) groups is 2. The molecule has 0 radical (unpaired) electrons. The lowest BCUT2D eigenvalue weighted by atomic mass is 9.73. The second-order valence-corrected chi connectivity index (χ2v) is 7.78. The summed E-state index contributed by atoms with van der Waals surface area (Å²) >= 11 is 0. The van der Waals surface area contributed by atoms with Gasteiger partial charge in [0.25, 0.3) is 0 Å². The number of anilines is 1. The molecule has 6 nitrogen and oxygen atoms in total. The molecule has 4 rings (SSSR count). The Bertz CT molecular complexity index is 1140. The molecule has 6 heteroatoms. The second-order valence-electron chi connectivity index (χ2n) is 7.78. The predicted octanol–water partition coefficient (Wildman–Crippen LogP) is 3.53. The summed E-state index contributed by atoms with van der Waals surface area (Å²) in [5.41, 5.74) is 4.84. The second kappa shape index (κ2) is 7.20. The predicted molar refractivity (Wildman–Crippen MR) is 115 cm³/mol. The van der Waals surface area contributed by atoms with Gasteiger partial charge in [0, 0.05) is 53.8 Å². The van der Waals surface area contributed by atoms with Crippen LogP contribution in [0.1, 0.15) is 42.5 Å². The Labute approximate surface area is 169 Å². The minimum Gasteiger partial charge on any atom is -0.361 e. The van der Waals surface area contributed by atoms with Crippen LogP contribution in [0.2, 0.25) is 0 Å². The smallest absolute Gasteiger partial charge is 0.243 e. The molecule has 1 aliphatic heterocycles. The Hall–Kier alpha value is -3.41. The zero-order chi connectivity index (χ0) is 20.6. The number of carbonyl (C=O) groups excluding carboxylic acids is 2. The van der Waals surface area contributed by atoms with Crippen molar-refractivity contribution in [2.24, 2.45) is 0 Å². The van der Waals surface area contributed by atoms with Crippen LogP contribution < -0.4 is 10.6 Å². The van der Waals surface area contributed by atoms with Crippen LogP contribution in [0, 0.1) is 0 Å². The summed E-state index contributed by atoms with van der Waals surface area (Å²) in [6, 6.07) is 8.21. The first kappa shape index (κ1) is 18.9. The maximum atomic E-state index is 11.9. The molecule has 3 aromatic rings. The van der Waals surface area contributed by atoms with Crippen LogP contribution in [0.5, 0.6) is 0 Å². The fourth-order valence-corrected chi connectivity index (χ4v) is 4.19. The van der Waals surface area contributed by atoms with Crippen molar-refractivity contribution in [2.45, 2.75) is 32.1 Å². The van der Waals surface area contributed by atoms with Gasteiger partial charge in [-0.3, -0.25) is 9.59 Å². The molecule has 0 fully saturated rings. The topological polar surface area (TPSA) is 86.9 Å². The molecular formula is C23H24N4O2. The number of aromatic nitrogens is 2. The quantitative estimate of drug-likeness (QED) is 0.598. The van der Waals surface area contributed by atoms with Crippen molar-refractivity contribution in [3.8, 4) is 0 Å². The van der Waals surface area contributed by atoms with Crippen LogP contribution in [-0.2, 0) is 21.4 Å². The highest BCUT2D eigenvalue weighted by Crippen LogP contribution is 2.42. The van der Waals surface area contributed by atoms with Crippen molar-refractivity contribution < 1.29 is 9.59 Å². The molecule has 1 aromatic carbocycles. The summed E-state index contributed by atoms with van der Waals surface area (Å²) in [7, 11) is 1.60. The third-order valence-electron chi connectivity index (χ3n) is 5.62. The SMILES string of the molecule is CNC(=O)C=Cc1cnc2c(c1C(C)(C)c1c[nH]c3ccccc13)CCC(=O)N2. The van der Waals surface area contributed by atoms with E-state index in [4.69, 9.17) is 0 Å². The summed E-state index contributed by atoms with van der Waals surface area (Å²) < 4.78 is 0. The Morgan fingerprint density at radius 1 is 1.24 bits per heavy atom. The number of fused-ring (bicyclic) bond motifs is 2. The molecule has 2 aromatic heterocycles. The van der Waals surface area contributed by atoms with E-state index in [1.165, 1.54) is 6.08 Å². The van der Waals surface area contributed by atoms with Gasteiger partial charge in [-0.15, -0.1) is 0 Å². The molecule has 3 heterocycles. The van der Waals surface area contributed by atoms with Crippen LogP contribution >= 0.6 is 0 Å². The average Bonchev–Trinajstić information content (AvgIpc) is 3.16. The first-order valence-corrected chi connectivity index (χ1v) is 9.70. The molecule has 1 aliphatic rings. The molecule has 0 spiro atoms. The largest absolute Gasteiger partial charge is 0.361 e. The van der Waals surface area contributed by atoms with E-state index in [0.717, 1.165) is 33.2 Å². The normalized spacial score (nSPS) is 14.1. The number of benzene rings is 1. The van der Waals surface area contributed by atoms with Gasteiger partial charge < -0.3 is 15.6 Å². The Kier molecular flexibility index (Phi) is 4.70. The minimum absolute atomic E-state index is 0.0190. The number of aromatic amines is 1. The molecule has 2 amide bonds. The monoisotopic (exact) mass is 388 g/mol. The molecule has 0 aliphatic carbocycles. The number of rotatable bonds is 4. The number of nitrogens with one attached hydrogen (secondary N) is 3. The highest BCUT2D eigenvalue weighted by atomic mass is 16.2. The van der Waals surface area contributed by atoms with Gasteiger partial charge >= 0.3 is 0 Å². The summed E-state index contributed by atoms with van der Waals surface area (Å²) in [5, 5.41) is 6.66. The van der Waals surface area contributed by atoms with Crippen molar-refractivity contribution in [3.63, 3.8) is 0 Å². The molecule has 0 saturated carbocycles. The maximum Gasteiger partial charge on any atom is 0.243 e. The first-order chi connectivity index (χ1) is 13.9. The van der Waals surface area contributed by atoms with Crippen molar-refractivity contribution in [2.75, 3.05) is 12.4 Å². The first-order valence-electron chi connectivity index (χ1n) is 9.70. The number of nitrogens with zero attached hydrogens (tertiary/aromatic N) is 1. The van der Waals surface area contributed by atoms with Gasteiger partial charge in [-0.05, 0) is 35.3 Å². The van der Waals surface area contributed by atoms with E-state index < -0.39 is 0 Å². The fraction of sp³-hybridized carbons (Fsp3) is 0.261. The summed E-state index contributed by atoms with van der Waals surface area (Å²) in [4.78, 5) is 31.5. The third kappa shape index (κ3) is 3.31. The minimum atomic E-state index is -0.378. The van der Waals surface area contributed by atoms with E-state index >= 15 is 0 Å². The lowest BCUT2D eigenvalue weighted by Crippen LogP contribution is -2.28. The van der Waals surface area contributed by atoms with E-state index in [1.54, 1.807) is 19.3 Å². The van der Waals surface area contributed by atoms with E-state index in [-0.39, 0.29) is 17.2 Å². The van der Waals surface area contributed by atoms with Crippen molar-refractivity contribution in [3.05, 3.63) is 65.0 Å². The van der Waals surface area contributed by atoms with Gasteiger partial charge in [0.05, 0.1) is 0 Å². The molecule has 29 heavy (non-hydrogen) atoms. The van der Waals surface area contributed by atoms with E-state index in [0.29, 0.717) is 18.7 Å². The average molecular weight is 388 g/mol. The van der Waals surface area contributed by atoms with E-state index in [2.05, 4.69) is 46.6 Å². The van der Waals surface area contributed by atoms with Gasteiger partial charge in [-0.1, -0.05) is 32.0 Å². The van der Waals surface area contributed by atoms with Crippen molar-refractivity contribution >= 4 is 34.6 Å². The number of hydrogen-bond donors (Lipinski definition) is 3. The van der Waals surface area contributed by atoms with Gasteiger partial charge in [0.2, 0.25) is 11.8 Å². The molecule has 0 saturated heterocycles. The number of pyridine rings is 1. The third-order valence-corrected chi connectivity index (χ3v) is 5.62. The zero-order valence-electron chi connectivity index (χ0n) is 16.8. The number of amides is 2. The standard InChI is InChI=1S/C23H24N4O2/c1-23(2,17-13-25-18-7-5-4-6-15(17)18)21-14(8-10-19(28)24-3)12-26-22-16(21)9-11-20(29)27-22/h4-8,10,12-13,25H,9,11H2,1-3H3,(H,24,28)(H,26,27,29). The van der Waals surface area contributed by atoms with Gasteiger partial charge in [-0.2, -0.15) is 0 Å². The van der Waals surface area contributed by atoms with Crippen molar-refractivity contribution in [1.82, 2.24) is 15.3 Å². The highest BCUT2D eigenvalue weighted by Gasteiger charge is 2.33. The Balaban J connectivity index is 1.94. The van der Waals surface area contributed by atoms with Crippen LogP contribution in [0.4, 0.5) is 5.82 Å². The van der Waals surface area contributed by atoms with Crippen LogP contribution in [0.3, 0.4) is 0 Å². The highest BCUT2D eigenvalue weighted by molar-refractivity contribution is 5.95. The maximum absolute atomic E-state index is 11.9. The van der Waals surface area contributed by atoms with E-state index in [9.17, 15) is 9.59 Å². The lowest BCUT2D eigenvalue weighted by molar-refractivity contribution is -0.117. The number of hydrogen-bond acceptors (Lipinski definition) is 3. The summed E-state index contributed by atoms with van der Waals surface area (Å²) in [5.74, 6) is 0.419. The van der Waals surface area contributed by atoms with Gasteiger partial charge in [0.15, 0.2) is 0 Å². The van der Waals surface area contributed by atoms with Crippen LogP contribution in [0.15, 0.2) is 42.7 Å². The van der Waals surface area contributed by atoms with Gasteiger partial charge in [0.1, 0.15) is 5.82 Å².